The van der Waals surface area contributed by atoms with Gasteiger partial charge in [0.1, 0.15) is 0 Å². The van der Waals surface area contributed by atoms with Crippen LogP contribution in [0.4, 0.5) is 0 Å². The summed E-state index contributed by atoms with van der Waals surface area (Å²) in [6.07, 6.45) is 3.77. The van der Waals surface area contributed by atoms with E-state index in [2.05, 4.69) is 5.10 Å². The standard InChI is InChI=1S/C7H12N4S/c1-2-11-4-6(3-10-11)5-12-7(8)9/h3-4H,2,5H2,1H3,(H3,8,9). The van der Waals surface area contributed by atoms with E-state index in [0.29, 0.717) is 0 Å². The number of amidine groups is 1. The molecule has 1 heterocycles. The average Bonchev–Trinajstić information content (AvgIpc) is 2.48. The number of hydrogen-bond donors (Lipinski definition) is 2. The minimum absolute atomic E-state index is 0.152. The van der Waals surface area contributed by atoms with Crippen molar-refractivity contribution in [1.29, 1.82) is 5.41 Å². The van der Waals surface area contributed by atoms with Crippen LogP contribution < -0.4 is 5.73 Å². The summed E-state index contributed by atoms with van der Waals surface area (Å²) in [5, 5.41) is 11.3. The van der Waals surface area contributed by atoms with Crippen molar-refractivity contribution in [2.75, 3.05) is 0 Å². The third-order valence-electron chi connectivity index (χ3n) is 1.41. The van der Waals surface area contributed by atoms with E-state index in [1.54, 1.807) is 6.20 Å². The first-order valence-electron chi connectivity index (χ1n) is 3.70. The van der Waals surface area contributed by atoms with E-state index < -0.39 is 0 Å². The molecule has 0 radical (unpaired) electrons. The highest BCUT2D eigenvalue weighted by atomic mass is 32.2. The van der Waals surface area contributed by atoms with Crippen molar-refractivity contribution in [2.45, 2.75) is 19.2 Å². The zero-order valence-electron chi connectivity index (χ0n) is 6.95. The summed E-state index contributed by atoms with van der Waals surface area (Å²) in [6, 6.07) is 0. The molecule has 0 spiro atoms. The predicted octanol–water partition coefficient (Wildman–Crippen LogP) is 1.03. The zero-order valence-corrected chi connectivity index (χ0v) is 7.77. The SMILES string of the molecule is CCn1cc(CSC(=N)N)cn1. The van der Waals surface area contributed by atoms with Crippen LogP contribution in [0.2, 0.25) is 0 Å². The number of rotatable bonds is 3. The van der Waals surface area contributed by atoms with E-state index in [9.17, 15) is 0 Å². The lowest BCUT2D eigenvalue weighted by atomic mass is 10.4. The molecule has 12 heavy (non-hydrogen) atoms. The van der Waals surface area contributed by atoms with Crippen molar-refractivity contribution in [1.82, 2.24) is 9.78 Å². The summed E-state index contributed by atoms with van der Waals surface area (Å²) >= 11 is 1.32. The van der Waals surface area contributed by atoms with Crippen LogP contribution in [0.1, 0.15) is 12.5 Å². The van der Waals surface area contributed by atoms with Crippen LogP contribution in [0.5, 0.6) is 0 Å². The average molecular weight is 184 g/mol. The van der Waals surface area contributed by atoms with Crippen molar-refractivity contribution in [3.63, 3.8) is 0 Å². The molecule has 4 nitrogen and oxygen atoms in total. The fourth-order valence-electron chi connectivity index (χ4n) is 0.815. The number of aromatic nitrogens is 2. The summed E-state index contributed by atoms with van der Waals surface area (Å²) in [5.41, 5.74) is 6.31. The maximum Gasteiger partial charge on any atom is 0.151 e. The normalized spacial score (nSPS) is 10.1. The molecule has 0 aliphatic carbocycles. The van der Waals surface area contributed by atoms with E-state index in [0.717, 1.165) is 17.9 Å². The van der Waals surface area contributed by atoms with Gasteiger partial charge < -0.3 is 5.73 Å². The van der Waals surface area contributed by atoms with Crippen molar-refractivity contribution >= 4 is 16.9 Å². The van der Waals surface area contributed by atoms with Gasteiger partial charge in [-0.25, -0.2) is 0 Å². The lowest BCUT2D eigenvalue weighted by molar-refractivity contribution is 0.659. The molecular weight excluding hydrogens is 172 g/mol. The minimum Gasteiger partial charge on any atom is -0.379 e. The first kappa shape index (κ1) is 9.12. The fraction of sp³-hybridized carbons (Fsp3) is 0.429. The lowest BCUT2D eigenvalue weighted by Gasteiger charge is -1.94. The monoisotopic (exact) mass is 184 g/mol. The maximum absolute atomic E-state index is 7.01. The Bertz CT molecular complexity index is 268. The number of nitrogens with one attached hydrogen (secondary N) is 1. The summed E-state index contributed by atoms with van der Waals surface area (Å²) in [7, 11) is 0. The summed E-state index contributed by atoms with van der Waals surface area (Å²) in [6.45, 7) is 2.92. The van der Waals surface area contributed by atoms with Crippen LogP contribution in [0, 0.1) is 5.41 Å². The number of nitrogens with zero attached hydrogens (tertiary/aromatic N) is 2. The Morgan fingerprint density at radius 2 is 2.58 bits per heavy atom. The molecular formula is C7H12N4S. The quantitative estimate of drug-likeness (QED) is 0.544. The van der Waals surface area contributed by atoms with Gasteiger partial charge in [0.25, 0.3) is 0 Å². The van der Waals surface area contributed by atoms with Crippen LogP contribution in [0.3, 0.4) is 0 Å². The second kappa shape index (κ2) is 4.15. The molecule has 0 saturated carbocycles. The molecule has 0 aliphatic rings. The Labute approximate surface area is 75.6 Å². The van der Waals surface area contributed by atoms with E-state index in [1.165, 1.54) is 11.8 Å². The van der Waals surface area contributed by atoms with E-state index in [4.69, 9.17) is 11.1 Å². The molecule has 1 aromatic heterocycles. The zero-order chi connectivity index (χ0) is 8.97. The minimum atomic E-state index is 0.152. The van der Waals surface area contributed by atoms with Crippen LogP contribution in [0.15, 0.2) is 12.4 Å². The topological polar surface area (TPSA) is 67.7 Å². The molecule has 0 saturated heterocycles. The molecule has 0 bridgehead atoms. The van der Waals surface area contributed by atoms with Gasteiger partial charge in [0.05, 0.1) is 6.20 Å². The second-order valence-corrected chi connectivity index (χ2v) is 3.37. The van der Waals surface area contributed by atoms with Crippen LogP contribution in [-0.4, -0.2) is 14.9 Å². The molecule has 1 rings (SSSR count). The molecule has 3 N–H and O–H groups in total. The summed E-state index contributed by atoms with van der Waals surface area (Å²) in [4.78, 5) is 0. The van der Waals surface area contributed by atoms with E-state index >= 15 is 0 Å². The molecule has 0 aromatic carbocycles. The highest BCUT2D eigenvalue weighted by molar-refractivity contribution is 8.13. The lowest BCUT2D eigenvalue weighted by Crippen LogP contribution is -2.03. The van der Waals surface area contributed by atoms with Crippen molar-refractivity contribution in [3.8, 4) is 0 Å². The Morgan fingerprint density at radius 1 is 1.83 bits per heavy atom. The predicted molar refractivity (Wildman–Crippen MR) is 51.1 cm³/mol. The summed E-state index contributed by atoms with van der Waals surface area (Å²) < 4.78 is 1.86. The molecule has 0 fully saturated rings. The van der Waals surface area contributed by atoms with Crippen molar-refractivity contribution in [2.24, 2.45) is 5.73 Å². The molecule has 66 valence electrons. The second-order valence-electron chi connectivity index (χ2n) is 2.36. The van der Waals surface area contributed by atoms with Gasteiger partial charge in [0.15, 0.2) is 5.17 Å². The molecule has 1 aromatic rings. The summed E-state index contributed by atoms with van der Waals surface area (Å²) in [5.74, 6) is 0.731. The third kappa shape index (κ3) is 2.58. The van der Waals surface area contributed by atoms with Gasteiger partial charge in [-0.15, -0.1) is 0 Å². The number of nitrogens with two attached hydrogens (primary N) is 1. The Hall–Kier alpha value is -0.970. The van der Waals surface area contributed by atoms with Gasteiger partial charge in [0.2, 0.25) is 0 Å². The number of thioether (sulfide) groups is 1. The van der Waals surface area contributed by atoms with Crippen LogP contribution >= 0.6 is 11.8 Å². The Morgan fingerprint density at radius 3 is 3.08 bits per heavy atom. The molecule has 0 atom stereocenters. The van der Waals surface area contributed by atoms with E-state index in [1.807, 2.05) is 17.8 Å². The molecule has 0 aliphatic heterocycles. The maximum atomic E-state index is 7.01. The third-order valence-corrected chi connectivity index (χ3v) is 2.19. The van der Waals surface area contributed by atoms with Gasteiger partial charge >= 0.3 is 0 Å². The largest absolute Gasteiger partial charge is 0.379 e. The first-order valence-corrected chi connectivity index (χ1v) is 4.69. The number of aryl methyl sites for hydroxylation is 1. The van der Waals surface area contributed by atoms with E-state index in [-0.39, 0.29) is 5.17 Å². The van der Waals surface area contributed by atoms with Crippen LogP contribution in [-0.2, 0) is 12.3 Å². The molecule has 0 amide bonds. The van der Waals surface area contributed by atoms with Crippen molar-refractivity contribution in [3.05, 3.63) is 18.0 Å². The Balaban J connectivity index is 2.47. The van der Waals surface area contributed by atoms with Gasteiger partial charge in [0, 0.05) is 24.1 Å². The van der Waals surface area contributed by atoms with Gasteiger partial charge in [-0.3, -0.25) is 10.1 Å². The van der Waals surface area contributed by atoms with Gasteiger partial charge in [-0.2, -0.15) is 5.10 Å². The fourth-order valence-corrected chi connectivity index (χ4v) is 1.29. The van der Waals surface area contributed by atoms with Crippen molar-refractivity contribution < 1.29 is 0 Å². The number of hydrogen-bond acceptors (Lipinski definition) is 3. The van der Waals surface area contributed by atoms with Gasteiger partial charge in [-0.1, -0.05) is 11.8 Å². The first-order chi connectivity index (χ1) is 5.72. The van der Waals surface area contributed by atoms with Gasteiger partial charge in [-0.05, 0) is 6.92 Å². The molecule has 5 heteroatoms. The highest BCUT2D eigenvalue weighted by Gasteiger charge is 1.98. The van der Waals surface area contributed by atoms with Crippen LogP contribution in [0.25, 0.3) is 0 Å². The highest BCUT2D eigenvalue weighted by Crippen LogP contribution is 2.09. The molecule has 0 unspecified atom stereocenters. The Kier molecular flexibility index (Phi) is 3.16. The smallest absolute Gasteiger partial charge is 0.151 e.